The average molecular weight is 1590 g/mol. The fourth-order valence-corrected chi connectivity index (χ4v) is 11.3. The zero-order valence-corrected chi connectivity index (χ0v) is 61.6. The summed E-state index contributed by atoms with van der Waals surface area (Å²) in [4.78, 5) is 233. The van der Waals surface area contributed by atoms with Crippen LogP contribution in [-0.2, 0) is 107 Å². The SMILES string of the molecule is CC(C)[C@H](NC(=O)[C@H](CC(=O)O)NC(=O)[C@H](Cc1ccccc1)NC(=O)[C@H](Cc1ccc(O)cc1)NC(=O)[C@H](Cc1c[nH]c2ccccc12)NC(=O)[C@H](CC(N)=O)NC(=O)[C@H](CC(N)=O)NC(=O)[C@H](CO)NC(=O)[C@H](Cc1ccc(O)cc1)NC(=O)[C@H](CC(=O)O)NC(=O)[C@H](CCCNC(=N)N)NC(=O)[C@@H](N)CC(N)=O)C(=O)O. The number of aliphatic hydroxyl groups is 1. The molecule has 0 fully saturated rings. The number of carboxylic acids is 3. The van der Waals surface area contributed by atoms with Crippen LogP contribution >= 0.6 is 0 Å². The van der Waals surface area contributed by atoms with Crippen molar-refractivity contribution in [1.29, 1.82) is 5.41 Å². The molecular formula is C72H93N19O23. The Morgan fingerprint density at radius 2 is 0.746 bits per heavy atom. The summed E-state index contributed by atoms with van der Waals surface area (Å²) in [6, 6.07) is 2.29. The number of nitrogens with one attached hydrogen (secondary N) is 14. The summed E-state index contributed by atoms with van der Waals surface area (Å²) in [5.74, 6) is -24.0. The highest BCUT2D eigenvalue weighted by Crippen LogP contribution is 2.21. The van der Waals surface area contributed by atoms with Crippen molar-refractivity contribution in [3.8, 4) is 11.5 Å². The van der Waals surface area contributed by atoms with E-state index in [2.05, 4.69) is 68.8 Å². The van der Waals surface area contributed by atoms with Gasteiger partial charge in [-0.05, 0) is 71.3 Å². The number of aliphatic hydroxyl groups excluding tert-OH is 1. The second-order valence-corrected chi connectivity index (χ2v) is 26.7. The first-order chi connectivity index (χ1) is 53.8. The first kappa shape index (κ1) is 90.8. The normalized spacial score (nSPS) is 14.1. The number of aromatic nitrogens is 1. The number of aromatic hydroxyl groups is 2. The lowest BCUT2D eigenvalue weighted by Crippen LogP contribution is -2.62. The van der Waals surface area contributed by atoms with E-state index in [0.717, 1.165) is 0 Å². The maximum Gasteiger partial charge on any atom is 0.326 e. The van der Waals surface area contributed by atoms with Gasteiger partial charge in [0, 0.05) is 49.3 Å². The maximum absolute atomic E-state index is 15.1. The summed E-state index contributed by atoms with van der Waals surface area (Å²) in [7, 11) is 0. The topological polar surface area (TPSA) is 726 Å². The van der Waals surface area contributed by atoms with Gasteiger partial charge < -0.3 is 128 Å². The fourth-order valence-electron chi connectivity index (χ4n) is 11.3. The number of amides is 14. The van der Waals surface area contributed by atoms with Gasteiger partial charge in [-0.15, -0.1) is 0 Å². The van der Waals surface area contributed by atoms with Crippen LogP contribution in [0, 0.1) is 11.3 Å². The van der Waals surface area contributed by atoms with Crippen LogP contribution in [0.1, 0.15) is 81.0 Å². The number of hydrogen-bond acceptors (Lipinski definition) is 22. The Kier molecular flexibility index (Phi) is 35.2. The van der Waals surface area contributed by atoms with Gasteiger partial charge in [-0.2, -0.15) is 0 Å². The summed E-state index contributed by atoms with van der Waals surface area (Å²) in [5.41, 5.74) is 29.1. The van der Waals surface area contributed by atoms with Crippen molar-refractivity contribution in [2.45, 2.75) is 157 Å². The van der Waals surface area contributed by atoms with Gasteiger partial charge in [0.25, 0.3) is 0 Å². The minimum absolute atomic E-state index is 0.00762. The van der Waals surface area contributed by atoms with E-state index in [0.29, 0.717) is 22.0 Å². The molecule has 614 valence electrons. The van der Waals surface area contributed by atoms with Gasteiger partial charge in [0.2, 0.25) is 82.7 Å². The molecule has 1 aromatic heterocycles. The number of carbonyl (C=O) groups is 17. The van der Waals surface area contributed by atoms with E-state index in [9.17, 15) is 107 Å². The highest BCUT2D eigenvalue weighted by atomic mass is 16.4. The van der Waals surface area contributed by atoms with Gasteiger partial charge in [-0.1, -0.05) is 86.6 Å². The second kappa shape index (κ2) is 44.1. The molecule has 0 unspecified atom stereocenters. The molecule has 14 amide bonds. The standard InChI is InChI=1S/C72H93N19O23/c1-34(2)59(71(113)114)91-69(111)52(31-58(100)101)89-63(105)45(23-35-9-4-3-5-10-35)82-62(104)46(24-36-14-18-39(93)19-15-36)83-65(107)48(26-38-32-80-43-12-7-6-11-41(38)43)85-66(108)49(28-55(75)96)86-67(109)50(29-56(76)97)87-70(112)53(33-92)90-64(106)47(25-37-16-20-40(94)21-17-37)84-68(110)51(30-57(98)99)88-61(103)44(13-8-22-79-72(77)78)81-60(102)42(73)27-54(74)95/h3-7,9-12,14-21,32,34,42,44-53,59,80,92-94H,8,13,22-31,33,73H2,1-2H3,(H2,74,95)(H2,75,96)(H2,76,97)(H,81,102)(H,82,104)(H,83,107)(H,84,110)(H,85,108)(H,86,109)(H,87,112)(H,88,103)(H,89,105)(H,90,106)(H,91,111)(H,98,99)(H,100,101)(H,113,114)(H4,77,78,79)/t42-,44-,45-,46-,47-,48-,49-,50-,51-,52-,53-,59-/m0/s1. The van der Waals surface area contributed by atoms with Crippen molar-refractivity contribution in [3.05, 3.63) is 132 Å². The number of hydrogen-bond donors (Lipinski definition) is 25. The number of rotatable bonds is 47. The zero-order chi connectivity index (χ0) is 84.6. The minimum atomic E-state index is -2.18. The van der Waals surface area contributed by atoms with E-state index in [1.807, 2.05) is 0 Å². The van der Waals surface area contributed by atoms with Crippen LogP contribution in [-0.4, -0.2) is 228 Å². The number of guanidine groups is 1. The molecule has 4 aromatic carbocycles. The molecule has 0 saturated heterocycles. The second-order valence-electron chi connectivity index (χ2n) is 26.7. The van der Waals surface area contributed by atoms with Crippen LogP contribution in [0.4, 0.5) is 0 Å². The van der Waals surface area contributed by atoms with Gasteiger partial charge in [0.15, 0.2) is 5.96 Å². The number of phenols is 2. The molecular weight excluding hydrogens is 1500 g/mol. The molecule has 42 heteroatoms. The molecule has 0 aliphatic carbocycles. The lowest BCUT2D eigenvalue weighted by Gasteiger charge is -2.28. The van der Waals surface area contributed by atoms with Crippen LogP contribution in [0.15, 0.2) is 109 Å². The number of carboxylic acid groups (broad SMARTS) is 3. The van der Waals surface area contributed by atoms with Gasteiger partial charge in [-0.3, -0.25) is 82.1 Å². The van der Waals surface area contributed by atoms with E-state index in [1.54, 1.807) is 54.6 Å². The van der Waals surface area contributed by atoms with Crippen molar-refractivity contribution in [2.75, 3.05) is 13.2 Å². The number of phenolic OH excluding ortho intramolecular Hbond substituents is 2. The van der Waals surface area contributed by atoms with Crippen molar-refractivity contribution in [1.82, 2.24) is 68.8 Å². The van der Waals surface area contributed by atoms with Crippen molar-refractivity contribution < 1.29 is 112 Å². The number of H-pyrrole nitrogens is 1. The molecule has 42 nitrogen and oxygen atoms in total. The molecule has 30 N–H and O–H groups in total. The maximum atomic E-state index is 15.1. The Morgan fingerprint density at radius 1 is 0.404 bits per heavy atom. The van der Waals surface area contributed by atoms with Crippen LogP contribution in [0.2, 0.25) is 0 Å². The number of nitrogens with two attached hydrogens (primary N) is 5. The van der Waals surface area contributed by atoms with Crippen LogP contribution in [0.3, 0.4) is 0 Å². The van der Waals surface area contributed by atoms with Gasteiger partial charge in [0.1, 0.15) is 78.0 Å². The molecule has 0 saturated carbocycles. The number of aliphatic carboxylic acids is 3. The Hall–Kier alpha value is -13.8. The Balaban J connectivity index is 1.46. The van der Waals surface area contributed by atoms with Crippen molar-refractivity contribution >= 4 is 117 Å². The van der Waals surface area contributed by atoms with E-state index >= 15 is 4.79 Å². The minimum Gasteiger partial charge on any atom is -0.508 e. The lowest BCUT2D eigenvalue weighted by atomic mass is 10.00. The third-order valence-electron chi connectivity index (χ3n) is 17.2. The zero-order valence-electron chi connectivity index (χ0n) is 61.6. The van der Waals surface area contributed by atoms with Crippen LogP contribution < -0.4 is 92.5 Å². The third kappa shape index (κ3) is 30.2. The van der Waals surface area contributed by atoms with Crippen molar-refractivity contribution in [3.63, 3.8) is 0 Å². The summed E-state index contributed by atoms with van der Waals surface area (Å²) < 4.78 is 0. The monoisotopic (exact) mass is 1590 g/mol. The molecule has 12 atom stereocenters. The molecule has 5 rings (SSSR count). The van der Waals surface area contributed by atoms with E-state index in [-0.39, 0.29) is 48.4 Å². The van der Waals surface area contributed by atoms with E-state index in [1.165, 1.54) is 68.6 Å². The molecule has 0 bridgehead atoms. The Bertz CT molecular complexity index is 4320. The predicted molar refractivity (Wildman–Crippen MR) is 400 cm³/mol. The average Bonchev–Trinajstić information content (AvgIpc) is 1.62. The molecule has 5 aromatic rings. The number of primary amides is 3. The smallest absolute Gasteiger partial charge is 0.326 e. The summed E-state index contributed by atoms with van der Waals surface area (Å²) in [6.07, 6.45) is -5.78. The number of carbonyl (C=O) groups excluding carboxylic acids is 14. The Morgan fingerprint density at radius 3 is 1.14 bits per heavy atom. The highest BCUT2D eigenvalue weighted by Gasteiger charge is 2.39. The third-order valence-corrected chi connectivity index (χ3v) is 17.2. The number of aromatic amines is 1. The summed E-state index contributed by atoms with van der Waals surface area (Å²) in [5, 5.41) is 96.0. The summed E-state index contributed by atoms with van der Waals surface area (Å²) >= 11 is 0. The number of para-hydroxylation sites is 1. The fraction of sp³-hybridized carbons (Fsp3) is 0.389. The number of benzene rings is 4. The van der Waals surface area contributed by atoms with Crippen molar-refractivity contribution in [2.24, 2.45) is 34.6 Å². The van der Waals surface area contributed by atoms with Gasteiger partial charge >= 0.3 is 17.9 Å². The van der Waals surface area contributed by atoms with Crippen LogP contribution in [0.5, 0.6) is 11.5 Å². The lowest BCUT2D eigenvalue weighted by molar-refractivity contribution is -0.144. The first-order valence-corrected chi connectivity index (χ1v) is 35.3. The van der Waals surface area contributed by atoms with E-state index in [4.69, 9.17) is 34.1 Å². The van der Waals surface area contributed by atoms with Gasteiger partial charge in [-0.25, -0.2) is 4.79 Å². The molecule has 0 aliphatic heterocycles. The molecule has 0 spiro atoms. The summed E-state index contributed by atoms with van der Waals surface area (Å²) in [6.45, 7) is 1.55. The molecule has 1 heterocycles. The number of fused-ring (bicyclic) bond motifs is 1. The van der Waals surface area contributed by atoms with E-state index < -0.39 is 243 Å². The molecule has 0 aliphatic rings. The van der Waals surface area contributed by atoms with Crippen LogP contribution in [0.25, 0.3) is 10.9 Å². The quantitative estimate of drug-likeness (QED) is 0.00978. The molecule has 114 heavy (non-hydrogen) atoms. The molecule has 0 radical (unpaired) electrons. The predicted octanol–water partition coefficient (Wildman–Crippen LogP) is -6.92. The Labute approximate surface area is 649 Å². The largest absolute Gasteiger partial charge is 0.508 e. The van der Waals surface area contributed by atoms with Gasteiger partial charge in [0.05, 0.1) is 44.8 Å². The highest BCUT2D eigenvalue weighted by molar-refractivity contribution is 6.02. The first-order valence-electron chi connectivity index (χ1n) is 35.3.